The SMILES string of the molecule is Cn1ncc(Br)c1-c1cccc(NC(=O)c2cccs2)c1. The van der Waals surface area contributed by atoms with Gasteiger partial charge in [0, 0.05) is 18.3 Å². The van der Waals surface area contributed by atoms with E-state index in [0.717, 1.165) is 21.4 Å². The first-order chi connectivity index (χ1) is 10.1. The van der Waals surface area contributed by atoms with Crippen molar-refractivity contribution in [2.75, 3.05) is 5.32 Å². The number of aryl methyl sites for hydroxylation is 1. The van der Waals surface area contributed by atoms with Crippen LogP contribution in [-0.2, 0) is 7.05 Å². The van der Waals surface area contributed by atoms with E-state index in [1.807, 2.05) is 48.8 Å². The van der Waals surface area contributed by atoms with Crippen molar-refractivity contribution >= 4 is 38.9 Å². The molecule has 0 fully saturated rings. The molecule has 0 saturated carbocycles. The van der Waals surface area contributed by atoms with Gasteiger partial charge in [0.05, 0.1) is 21.2 Å². The maximum absolute atomic E-state index is 12.1. The van der Waals surface area contributed by atoms with E-state index in [4.69, 9.17) is 0 Å². The van der Waals surface area contributed by atoms with Crippen molar-refractivity contribution in [1.82, 2.24) is 9.78 Å². The van der Waals surface area contributed by atoms with Crippen molar-refractivity contribution in [1.29, 1.82) is 0 Å². The molecule has 0 unspecified atom stereocenters. The van der Waals surface area contributed by atoms with Crippen LogP contribution in [0.15, 0.2) is 52.4 Å². The molecular weight excluding hydrogens is 350 g/mol. The van der Waals surface area contributed by atoms with Crippen molar-refractivity contribution in [2.24, 2.45) is 7.05 Å². The molecule has 1 N–H and O–H groups in total. The van der Waals surface area contributed by atoms with Crippen molar-refractivity contribution < 1.29 is 4.79 Å². The quantitative estimate of drug-likeness (QED) is 0.760. The number of halogens is 1. The van der Waals surface area contributed by atoms with Gasteiger partial charge < -0.3 is 5.32 Å². The minimum Gasteiger partial charge on any atom is -0.321 e. The molecule has 3 aromatic rings. The second kappa shape index (κ2) is 5.83. The van der Waals surface area contributed by atoms with Gasteiger partial charge in [-0.3, -0.25) is 9.48 Å². The van der Waals surface area contributed by atoms with Gasteiger partial charge in [0.15, 0.2) is 0 Å². The summed E-state index contributed by atoms with van der Waals surface area (Å²) >= 11 is 4.92. The molecule has 0 spiro atoms. The zero-order valence-corrected chi connectivity index (χ0v) is 13.6. The third-order valence-electron chi connectivity index (χ3n) is 3.03. The van der Waals surface area contributed by atoms with E-state index in [1.165, 1.54) is 11.3 Å². The molecular formula is C15H12BrN3OS. The van der Waals surface area contributed by atoms with Crippen LogP contribution in [0.3, 0.4) is 0 Å². The van der Waals surface area contributed by atoms with Crippen LogP contribution in [0.5, 0.6) is 0 Å². The lowest BCUT2D eigenvalue weighted by Gasteiger charge is -2.07. The molecule has 0 bridgehead atoms. The normalized spacial score (nSPS) is 10.6. The molecule has 0 radical (unpaired) electrons. The Hall–Kier alpha value is -1.92. The molecule has 21 heavy (non-hydrogen) atoms. The Kier molecular flexibility index (Phi) is 3.90. The molecule has 2 aromatic heterocycles. The molecule has 1 amide bonds. The van der Waals surface area contributed by atoms with E-state index in [1.54, 1.807) is 10.9 Å². The Labute approximate surface area is 134 Å². The molecule has 2 heterocycles. The van der Waals surface area contributed by atoms with Gasteiger partial charge in [0.25, 0.3) is 5.91 Å². The molecule has 0 atom stereocenters. The number of nitrogens with zero attached hydrogens (tertiary/aromatic N) is 2. The number of carbonyl (C=O) groups excluding carboxylic acids is 1. The highest BCUT2D eigenvalue weighted by Crippen LogP contribution is 2.29. The first kappa shape index (κ1) is 14.0. The second-order valence-corrected chi connectivity index (χ2v) is 6.28. The molecule has 0 aliphatic rings. The lowest BCUT2D eigenvalue weighted by atomic mass is 10.1. The topological polar surface area (TPSA) is 46.9 Å². The number of aromatic nitrogens is 2. The average molecular weight is 362 g/mol. The standard InChI is InChI=1S/C15H12BrN3OS/c1-19-14(12(16)9-17-19)10-4-2-5-11(8-10)18-15(20)13-6-3-7-21-13/h2-9H,1H3,(H,18,20). The number of hydrogen-bond donors (Lipinski definition) is 1. The molecule has 6 heteroatoms. The Morgan fingerprint density at radius 3 is 2.86 bits per heavy atom. The number of carbonyl (C=O) groups is 1. The van der Waals surface area contributed by atoms with Crippen LogP contribution in [0, 0.1) is 0 Å². The number of thiophene rings is 1. The van der Waals surface area contributed by atoms with E-state index in [2.05, 4.69) is 26.3 Å². The fourth-order valence-corrected chi connectivity index (χ4v) is 3.28. The number of amides is 1. The summed E-state index contributed by atoms with van der Waals surface area (Å²) in [5.41, 5.74) is 2.73. The van der Waals surface area contributed by atoms with Gasteiger partial charge in [-0.15, -0.1) is 11.3 Å². The third-order valence-corrected chi connectivity index (χ3v) is 4.48. The van der Waals surface area contributed by atoms with Crippen LogP contribution >= 0.6 is 27.3 Å². The summed E-state index contributed by atoms with van der Waals surface area (Å²) < 4.78 is 2.72. The fourth-order valence-electron chi connectivity index (χ4n) is 2.08. The van der Waals surface area contributed by atoms with E-state index in [0.29, 0.717) is 4.88 Å². The van der Waals surface area contributed by atoms with Gasteiger partial charge >= 0.3 is 0 Å². The molecule has 3 rings (SSSR count). The average Bonchev–Trinajstić information content (AvgIpc) is 3.09. The fraction of sp³-hybridized carbons (Fsp3) is 0.0667. The highest BCUT2D eigenvalue weighted by molar-refractivity contribution is 9.10. The Bertz CT molecular complexity index is 761. The summed E-state index contributed by atoms with van der Waals surface area (Å²) in [5, 5.41) is 9.01. The molecule has 106 valence electrons. The lowest BCUT2D eigenvalue weighted by Crippen LogP contribution is -2.10. The summed E-state index contributed by atoms with van der Waals surface area (Å²) in [4.78, 5) is 12.8. The van der Waals surface area contributed by atoms with E-state index < -0.39 is 0 Å². The van der Waals surface area contributed by atoms with E-state index >= 15 is 0 Å². The summed E-state index contributed by atoms with van der Waals surface area (Å²) in [6.45, 7) is 0. The van der Waals surface area contributed by atoms with Crippen LogP contribution < -0.4 is 5.32 Å². The Balaban J connectivity index is 1.89. The smallest absolute Gasteiger partial charge is 0.265 e. The molecule has 0 aliphatic heterocycles. The van der Waals surface area contributed by atoms with Gasteiger partial charge in [-0.25, -0.2) is 0 Å². The minimum absolute atomic E-state index is 0.0915. The van der Waals surface area contributed by atoms with Crippen molar-refractivity contribution in [2.45, 2.75) is 0 Å². The maximum Gasteiger partial charge on any atom is 0.265 e. The molecule has 1 aromatic carbocycles. The second-order valence-electron chi connectivity index (χ2n) is 4.48. The van der Waals surface area contributed by atoms with Gasteiger partial charge in [-0.2, -0.15) is 5.10 Å². The van der Waals surface area contributed by atoms with Crippen LogP contribution in [0.25, 0.3) is 11.3 Å². The van der Waals surface area contributed by atoms with Crippen LogP contribution in [0.4, 0.5) is 5.69 Å². The summed E-state index contributed by atoms with van der Waals surface area (Å²) in [5.74, 6) is -0.0915. The number of nitrogens with one attached hydrogen (secondary N) is 1. The van der Waals surface area contributed by atoms with Gasteiger partial charge in [0.1, 0.15) is 0 Å². The zero-order chi connectivity index (χ0) is 14.8. The Morgan fingerprint density at radius 2 is 2.19 bits per heavy atom. The van der Waals surface area contributed by atoms with Crippen molar-refractivity contribution in [3.63, 3.8) is 0 Å². The van der Waals surface area contributed by atoms with Crippen LogP contribution in [0.2, 0.25) is 0 Å². The summed E-state index contributed by atoms with van der Waals surface area (Å²) in [7, 11) is 1.89. The molecule has 4 nitrogen and oxygen atoms in total. The van der Waals surface area contributed by atoms with Crippen LogP contribution in [0.1, 0.15) is 9.67 Å². The van der Waals surface area contributed by atoms with Crippen LogP contribution in [-0.4, -0.2) is 15.7 Å². The number of rotatable bonds is 3. The van der Waals surface area contributed by atoms with Crippen molar-refractivity contribution in [3.05, 3.63) is 57.3 Å². The number of benzene rings is 1. The third kappa shape index (κ3) is 2.91. The first-order valence-electron chi connectivity index (χ1n) is 6.28. The monoisotopic (exact) mass is 361 g/mol. The first-order valence-corrected chi connectivity index (χ1v) is 7.95. The number of anilines is 1. The maximum atomic E-state index is 12.1. The van der Waals surface area contributed by atoms with E-state index in [9.17, 15) is 4.79 Å². The number of hydrogen-bond acceptors (Lipinski definition) is 3. The summed E-state index contributed by atoms with van der Waals surface area (Å²) in [6.07, 6.45) is 1.76. The van der Waals surface area contributed by atoms with E-state index in [-0.39, 0.29) is 5.91 Å². The zero-order valence-electron chi connectivity index (χ0n) is 11.2. The van der Waals surface area contributed by atoms with Gasteiger partial charge in [-0.1, -0.05) is 18.2 Å². The predicted molar refractivity (Wildman–Crippen MR) is 88.6 cm³/mol. The van der Waals surface area contributed by atoms with Gasteiger partial charge in [0.2, 0.25) is 0 Å². The van der Waals surface area contributed by atoms with Crippen molar-refractivity contribution in [3.8, 4) is 11.3 Å². The van der Waals surface area contributed by atoms with Gasteiger partial charge in [-0.05, 0) is 39.5 Å². The highest BCUT2D eigenvalue weighted by atomic mass is 79.9. The molecule has 0 saturated heterocycles. The minimum atomic E-state index is -0.0915. The highest BCUT2D eigenvalue weighted by Gasteiger charge is 2.11. The summed E-state index contributed by atoms with van der Waals surface area (Å²) in [6, 6.07) is 11.4. The molecule has 0 aliphatic carbocycles. The Morgan fingerprint density at radius 1 is 1.33 bits per heavy atom. The predicted octanol–water partition coefficient (Wildman–Crippen LogP) is 4.16. The lowest BCUT2D eigenvalue weighted by molar-refractivity contribution is 0.103. The largest absolute Gasteiger partial charge is 0.321 e.